The summed E-state index contributed by atoms with van der Waals surface area (Å²) in [6.45, 7) is 6.56. The van der Waals surface area contributed by atoms with Crippen molar-refractivity contribution in [3.8, 4) is 0 Å². The SMILES string of the molecule is CCC(C)(C1CCCCO1)C1CCCCO1. The van der Waals surface area contributed by atoms with Crippen molar-refractivity contribution >= 4 is 0 Å². The summed E-state index contributed by atoms with van der Waals surface area (Å²) in [6, 6.07) is 0. The summed E-state index contributed by atoms with van der Waals surface area (Å²) in [4.78, 5) is 0. The van der Waals surface area contributed by atoms with Crippen molar-refractivity contribution in [2.45, 2.75) is 71.0 Å². The van der Waals surface area contributed by atoms with E-state index >= 15 is 0 Å². The molecule has 2 heteroatoms. The molecule has 0 radical (unpaired) electrons. The second-order valence-corrected chi connectivity index (χ2v) is 5.57. The third-order valence-electron chi connectivity index (χ3n) is 4.59. The Morgan fingerprint density at radius 2 is 1.44 bits per heavy atom. The molecule has 0 N–H and O–H groups in total. The van der Waals surface area contributed by atoms with Gasteiger partial charge in [-0.3, -0.25) is 0 Å². The first-order valence-electron chi connectivity index (χ1n) is 7.00. The smallest absolute Gasteiger partial charge is 0.0653 e. The van der Waals surface area contributed by atoms with E-state index in [0.717, 1.165) is 13.2 Å². The zero-order chi connectivity index (χ0) is 11.4. The fraction of sp³-hybridized carbons (Fsp3) is 1.00. The van der Waals surface area contributed by atoms with E-state index in [0.29, 0.717) is 12.2 Å². The lowest BCUT2D eigenvalue weighted by atomic mass is 9.72. The largest absolute Gasteiger partial charge is 0.378 e. The fourth-order valence-corrected chi connectivity index (χ4v) is 3.18. The van der Waals surface area contributed by atoms with Gasteiger partial charge in [-0.05, 0) is 44.9 Å². The average molecular weight is 226 g/mol. The van der Waals surface area contributed by atoms with E-state index in [9.17, 15) is 0 Å². The summed E-state index contributed by atoms with van der Waals surface area (Å²) in [6.07, 6.45) is 9.60. The highest BCUT2D eigenvalue weighted by molar-refractivity contribution is 4.92. The van der Waals surface area contributed by atoms with Crippen molar-refractivity contribution in [1.82, 2.24) is 0 Å². The Bertz CT molecular complexity index is 185. The molecular weight excluding hydrogens is 200 g/mol. The third kappa shape index (κ3) is 2.43. The molecule has 0 saturated carbocycles. The first-order valence-corrected chi connectivity index (χ1v) is 7.00. The molecule has 2 aliphatic rings. The third-order valence-corrected chi connectivity index (χ3v) is 4.59. The summed E-state index contributed by atoms with van der Waals surface area (Å²) in [5.41, 5.74) is 0.237. The molecule has 2 saturated heterocycles. The van der Waals surface area contributed by atoms with Gasteiger partial charge in [0.1, 0.15) is 0 Å². The van der Waals surface area contributed by atoms with Crippen LogP contribution in [0.5, 0.6) is 0 Å². The molecule has 16 heavy (non-hydrogen) atoms. The minimum Gasteiger partial charge on any atom is -0.378 e. The Hall–Kier alpha value is -0.0800. The lowest BCUT2D eigenvalue weighted by molar-refractivity contribution is -0.146. The number of rotatable bonds is 3. The standard InChI is InChI=1S/C14H26O2/c1-3-14(2,12-8-4-6-10-15-12)13-9-5-7-11-16-13/h12-13H,3-11H2,1-2H3. The minimum absolute atomic E-state index is 0.237. The molecule has 94 valence electrons. The van der Waals surface area contributed by atoms with E-state index in [4.69, 9.17) is 9.47 Å². The Morgan fingerprint density at radius 3 is 1.75 bits per heavy atom. The van der Waals surface area contributed by atoms with Crippen LogP contribution in [0.3, 0.4) is 0 Å². The van der Waals surface area contributed by atoms with Gasteiger partial charge < -0.3 is 9.47 Å². The van der Waals surface area contributed by atoms with Crippen LogP contribution in [0, 0.1) is 5.41 Å². The Kier molecular flexibility index (Phi) is 4.26. The molecule has 0 spiro atoms. The summed E-state index contributed by atoms with van der Waals surface area (Å²) < 4.78 is 12.0. The highest BCUT2D eigenvalue weighted by Gasteiger charge is 2.42. The van der Waals surface area contributed by atoms with Gasteiger partial charge in [-0.15, -0.1) is 0 Å². The van der Waals surface area contributed by atoms with Gasteiger partial charge in [-0.2, -0.15) is 0 Å². The molecule has 0 amide bonds. The zero-order valence-corrected chi connectivity index (χ0v) is 10.8. The Morgan fingerprint density at radius 1 is 0.938 bits per heavy atom. The van der Waals surface area contributed by atoms with Gasteiger partial charge in [0.25, 0.3) is 0 Å². The maximum atomic E-state index is 6.01. The van der Waals surface area contributed by atoms with Crippen LogP contribution in [-0.4, -0.2) is 25.4 Å². The van der Waals surface area contributed by atoms with Crippen molar-refractivity contribution in [3.05, 3.63) is 0 Å². The second-order valence-electron chi connectivity index (χ2n) is 5.57. The number of ether oxygens (including phenoxy) is 2. The number of hydrogen-bond acceptors (Lipinski definition) is 2. The van der Waals surface area contributed by atoms with Crippen LogP contribution in [0.4, 0.5) is 0 Å². The molecule has 2 atom stereocenters. The predicted octanol–water partition coefficient (Wildman–Crippen LogP) is 3.54. The summed E-state index contributed by atoms with van der Waals surface area (Å²) in [5.74, 6) is 0. The Balaban J connectivity index is 2.03. The molecule has 2 nitrogen and oxygen atoms in total. The summed E-state index contributed by atoms with van der Waals surface area (Å²) in [7, 11) is 0. The summed E-state index contributed by atoms with van der Waals surface area (Å²) in [5, 5.41) is 0. The molecule has 2 fully saturated rings. The average Bonchev–Trinajstić information content (AvgIpc) is 2.40. The highest BCUT2D eigenvalue weighted by atomic mass is 16.5. The van der Waals surface area contributed by atoms with Crippen molar-refractivity contribution in [2.24, 2.45) is 5.41 Å². The van der Waals surface area contributed by atoms with Crippen LogP contribution in [0.2, 0.25) is 0 Å². The van der Waals surface area contributed by atoms with Gasteiger partial charge in [0.05, 0.1) is 12.2 Å². The molecule has 0 aromatic heterocycles. The monoisotopic (exact) mass is 226 g/mol. The van der Waals surface area contributed by atoms with Crippen molar-refractivity contribution < 1.29 is 9.47 Å². The molecule has 2 unspecified atom stereocenters. The van der Waals surface area contributed by atoms with Crippen LogP contribution >= 0.6 is 0 Å². The predicted molar refractivity (Wildman–Crippen MR) is 65.6 cm³/mol. The molecule has 0 aliphatic carbocycles. The van der Waals surface area contributed by atoms with Gasteiger partial charge in [0.2, 0.25) is 0 Å². The van der Waals surface area contributed by atoms with Gasteiger partial charge in [-0.1, -0.05) is 13.8 Å². The van der Waals surface area contributed by atoms with Crippen LogP contribution in [0.25, 0.3) is 0 Å². The fourth-order valence-electron chi connectivity index (χ4n) is 3.18. The topological polar surface area (TPSA) is 18.5 Å². The second kappa shape index (κ2) is 5.50. The van der Waals surface area contributed by atoms with Gasteiger partial charge in [0, 0.05) is 18.6 Å². The van der Waals surface area contributed by atoms with E-state index in [-0.39, 0.29) is 5.41 Å². The first kappa shape index (κ1) is 12.4. The van der Waals surface area contributed by atoms with Gasteiger partial charge >= 0.3 is 0 Å². The van der Waals surface area contributed by atoms with Gasteiger partial charge in [0.15, 0.2) is 0 Å². The van der Waals surface area contributed by atoms with E-state index in [2.05, 4.69) is 13.8 Å². The molecule has 0 aromatic carbocycles. The molecular formula is C14H26O2. The minimum atomic E-state index is 0.237. The van der Waals surface area contributed by atoms with Crippen molar-refractivity contribution in [1.29, 1.82) is 0 Å². The maximum Gasteiger partial charge on any atom is 0.0653 e. The lowest BCUT2D eigenvalue weighted by Gasteiger charge is -2.45. The van der Waals surface area contributed by atoms with E-state index in [1.807, 2.05) is 0 Å². The first-order chi connectivity index (χ1) is 7.77. The van der Waals surface area contributed by atoms with Gasteiger partial charge in [-0.25, -0.2) is 0 Å². The quantitative estimate of drug-likeness (QED) is 0.733. The van der Waals surface area contributed by atoms with Crippen molar-refractivity contribution in [2.75, 3.05) is 13.2 Å². The highest BCUT2D eigenvalue weighted by Crippen LogP contribution is 2.41. The molecule has 2 aliphatic heterocycles. The van der Waals surface area contributed by atoms with Crippen LogP contribution in [0.1, 0.15) is 58.8 Å². The van der Waals surface area contributed by atoms with Crippen molar-refractivity contribution in [3.63, 3.8) is 0 Å². The number of hydrogen-bond donors (Lipinski definition) is 0. The summed E-state index contributed by atoms with van der Waals surface area (Å²) >= 11 is 0. The van der Waals surface area contributed by atoms with Crippen LogP contribution in [0.15, 0.2) is 0 Å². The Labute approximate surface area is 99.7 Å². The van der Waals surface area contributed by atoms with E-state index in [1.54, 1.807) is 0 Å². The lowest BCUT2D eigenvalue weighted by Crippen LogP contribution is -2.47. The van der Waals surface area contributed by atoms with E-state index in [1.165, 1.54) is 44.9 Å². The maximum absolute atomic E-state index is 6.01. The normalized spacial score (nSPS) is 35.6. The zero-order valence-electron chi connectivity index (χ0n) is 10.8. The van der Waals surface area contributed by atoms with E-state index < -0.39 is 0 Å². The molecule has 2 rings (SSSR count). The molecule has 0 aromatic rings. The van der Waals surface area contributed by atoms with Crippen LogP contribution in [-0.2, 0) is 9.47 Å². The molecule has 0 bridgehead atoms. The molecule has 2 heterocycles. The van der Waals surface area contributed by atoms with Crippen LogP contribution < -0.4 is 0 Å².